The van der Waals surface area contributed by atoms with Crippen LogP contribution in [0.3, 0.4) is 0 Å². The molecule has 6 heteroatoms. The zero-order chi connectivity index (χ0) is 13.7. The number of nitrogens with zero attached hydrogens (tertiary/aromatic N) is 2. The van der Waals surface area contributed by atoms with E-state index in [1.54, 1.807) is 18.2 Å². The summed E-state index contributed by atoms with van der Waals surface area (Å²) in [5.41, 5.74) is 6.98. The second-order valence-electron chi connectivity index (χ2n) is 3.74. The molecular weight excluding hydrogens is 244 g/mol. The maximum atomic E-state index is 12.0. The van der Waals surface area contributed by atoms with E-state index < -0.39 is 0 Å². The average Bonchev–Trinajstić information content (AvgIpc) is 2.42. The van der Waals surface area contributed by atoms with Crippen molar-refractivity contribution in [3.63, 3.8) is 0 Å². The van der Waals surface area contributed by atoms with E-state index in [1.165, 1.54) is 18.6 Å². The number of aromatic nitrogens is 2. The van der Waals surface area contributed by atoms with E-state index in [1.807, 2.05) is 6.92 Å². The van der Waals surface area contributed by atoms with Crippen LogP contribution in [0.25, 0.3) is 0 Å². The van der Waals surface area contributed by atoms with Crippen LogP contribution in [0.2, 0.25) is 0 Å². The number of nitrogens with one attached hydrogen (secondary N) is 1. The number of hydrogen-bond acceptors (Lipinski definition) is 5. The Hall–Kier alpha value is -2.63. The third-order valence-electron chi connectivity index (χ3n) is 2.39. The normalized spacial score (nSPS) is 9.95. The van der Waals surface area contributed by atoms with Crippen LogP contribution < -0.4 is 15.8 Å². The molecule has 0 aliphatic rings. The molecule has 0 saturated heterocycles. The van der Waals surface area contributed by atoms with Crippen molar-refractivity contribution < 1.29 is 9.53 Å². The van der Waals surface area contributed by atoms with E-state index in [2.05, 4.69) is 15.3 Å². The standard InChI is InChI=1S/C13H14N4O2/c1-2-19-12-4-3-9(7-16-12)17-13(18)10-8-15-6-5-11(10)14/h3-8H,2H2,1H3,(H2,14,15)(H,17,18). The predicted octanol–water partition coefficient (Wildman–Crippen LogP) is 1.71. The summed E-state index contributed by atoms with van der Waals surface area (Å²) in [7, 11) is 0. The number of ether oxygens (including phenoxy) is 1. The van der Waals surface area contributed by atoms with Crippen molar-refractivity contribution in [1.29, 1.82) is 0 Å². The number of rotatable bonds is 4. The van der Waals surface area contributed by atoms with Gasteiger partial charge < -0.3 is 15.8 Å². The van der Waals surface area contributed by atoms with Gasteiger partial charge in [-0.1, -0.05) is 0 Å². The number of pyridine rings is 2. The summed E-state index contributed by atoms with van der Waals surface area (Å²) >= 11 is 0. The Bertz CT molecular complexity index is 569. The fourth-order valence-corrected chi connectivity index (χ4v) is 1.48. The number of nitrogen functional groups attached to an aromatic ring is 1. The van der Waals surface area contributed by atoms with Crippen molar-refractivity contribution in [2.24, 2.45) is 0 Å². The maximum Gasteiger partial charge on any atom is 0.259 e. The van der Waals surface area contributed by atoms with Gasteiger partial charge in [-0.15, -0.1) is 0 Å². The van der Waals surface area contributed by atoms with Crippen LogP contribution in [0.1, 0.15) is 17.3 Å². The molecule has 0 aliphatic carbocycles. The summed E-state index contributed by atoms with van der Waals surface area (Å²) in [6.45, 7) is 2.42. The van der Waals surface area contributed by atoms with E-state index in [4.69, 9.17) is 10.5 Å². The molecule has 2 aromatic heterocycles. The van der Waals surface area contributed by atoms with E-state index in [-0.39, 0.29) is 5.91 Å². The fraction of sp³-hybridized carbons (Fsp3) is 0.154. The first kappa shape index (κ1) is 12.8. The van der Waals surface area contributed by atoms with Gasteiger partial charge in [0.1, 0.15) is 0 Å². The highest BCUT2D eigenvalue weighted by Crippen LogP contribution is 2.14. The Morgan fingerprint density at radius 3 is 2.84 bits per heavy atom. The van der Waals surface area contributed by atoms with Crippen LogP contribution in [0, 0.1) is 0 Å². The molecule has 1 amide bonds. The van der Waals surface area contributed by atoms with Crippen molar-refractivity contribution in [2.45, 2.75) is 6.92 Å². The van der Waals surface area contributed by atoms with Gasteiger partial charge >= 0.3 is 0 Å². The third-order valence-corrected chi connectivity index (χ3v) is 2.39. The Kier molecular flexibility index (Phi) is 3.92. The van der Waals surface area contributed by atoms with Gasteiger partial charge in [-0.25, -0.2) is 4.98 Å². The van der Waals surface area contributed by atoms with Crippen LogP contribution in [0.4, 0.5) is 11.4 Å². The predicted molar refractivity (Wildman–Crippen MR) is 72.0 cm³/mol. The lowest BCUT2D eigenvalue weighted by atomic mass is 10.2. The molecule has 2 aromatic rings. The van der Waals surface area contributed by atoms with Crippen molar-refractivity contribution in [3.8, 4) is 5.88 Å². The Morgan fingerprint density at radius 2 is 2.21 bits per heavy atom. The van der Waals surface area contributed by atoms with Crippen LogP contribution >= 0.6 is 0 Å². The van der Waals surface area contributed by atoms with Gasteiger partial charge in [0.15, 0.2) is 0 Å². The molecule has 0 aliphatic heterocycles. The number of anilines is 2. The maximum absolute atomic E-state index is 12.0. The highest BCUT2D eigenvalue weighted by Gasteiger charge is 2.10. The molecule has 0 unspecified atom stereocenters. The van der Waals surface area contributed by atoms with E-state index in [0.717, 1.165) is 0 Å². The molecule has 3 N–H and O–H groups in total. The van der Waals surface area contributed by atoms with Gasteiger partial charge in [0.2, 0.25) is 5.88 Å². The van der Waals surface area contributed by atoms with Gasteiger partial charge in [0.25, 0.3) is 5.91 Å². The summed E-state index contributed by atoms with van der Waals surface area (Å²) in [5, 5.41) is 2.69. The molecule has 0 saturated carbocycles. The first-order chi connectivity index (χ1) is 9.20. The first-order valence-corrected chi connectivity index (χ1v) is 5.80. The topological polar surface area (TPSA) is 90.1 Å². The zero-order valence-corrected chi connectivity index (χ0v) is 10.5. The molecule has 0 bridgehead atoms. The summed E-state index contributed by atoms with van der Waals surface area (Å²) in [5.74, 6) is 0.193. The van der Waals surface area contributed by atoms with Crippen LogP contribution in [-0.2, 0) is 0 Å². The number of hydrogen-bond donors (Lipinski definition) is 2. The number of nitrogens with two attached hydrogens (primary N) is 1. The summed E-state index contributed by atoms with van der Waals surface area (Å²) in [6.07, 6.45) is 4.48. The Balaban J connectivity index is 2.09. The fourth-order valence-electron chi connectivity index (χ4n) is 1.48. The average molecular weight is 258 g/mol. The van der Waals surface area contributed by atoms with Gasteiger partial charge in [-0.2, -0.15) is 0 Å². The van der Waals surface area contributed by atoms with Crippen LogP contribution in [0.5, 0.6) is 5.88 Å². The number of amides is 1. The molecule has 0 aromatic carbocycles. The van der Waals surface area contributed by atoms with E-state index in [9.17, 15) is 4.79 Å². The van der Waals surface area contributed by atoms with E-state index in [0.29, 0.717) is 29.4 Å². The smallest absolute Gasteiger partial charge is 0.259 e. The lowest BCUT2D eigenvalue weighted by molar-refractivity contribution is 0.102. The zero-order valence-electron chi connectivity index (χ0n) is 10.5. The highest BCUT2D eigenvalue weighted by molar-refractivity contribution is 6.07. The molecular formula is C13H14N4O2. The van der Waals surface area contributed by atoms with Crippen molar-refractivity contribution in [2.75, 3.05) is 17.7 Å². The molecule has 2 rings (SSSR count). The molecule has 0 radical (unpaired) electrons. The minimum absolute atomic E-state index is 0.323. The van der Waals surface area contributed by atoms with Crippen LogP contribution in [-0.4, -0.2) is 22.5 Å². The second-order valence-corrected chi connectivity index (χ2v) is 3.74. The lowest BCUT2D eigenvalue weighted by Crippen LogP contribution is -2.14. The van der Waals surface area contributed by atoms with Gasteiger partial charge in [0, 0.05) is 24.1 Å². The SMILES string of the molecule is CCOc1ccc(NC(=O)c2cnccc2N)cn1. The van der Waals surface area contributed by atoms with Crippen molar-refractivity contribution >= 4 is 17.3 Å². The molecule has 0 fully saturated rings. The summed E-state index contributed by atoms with van der Waals surface area (Å²) < 4.78 is 5.22. The largest absolute Gasteiger partial charge is 0.478 e. The quantitative estimate of drug-likeness (QED) is 0.871. The Morgan fingerprint density at radius 1 is 1.37 bits per heavy atom. The molecule has 2 heterocycles. The van der Waals surface area contributed by atoms with Gasteiger partial charge in [-0.05, 0) is 19.1 Å². The van der Waals surface area contributed by atoms with Crippen LogP contribution in [0.15, 0.2) is 36.8 Å². The summed E-state index contributed by atoms with van der Waals surface area (Å²) in [4.78, 5) is 19.9. The van der Waals surface area contributed by atoms with E-state index >= 15 is 0 Å². The van der Waals surface area contributed by atoms with Gasteiger partial charge in [-0.3, -0.25) is 9.78 Å². The van der Waals surface area contributed by atoms with Crippen molar-refractivity contribution in [1.82, 2.24) is 9.97 Å². The second kappa shape index (κ2) is 5.81. The van der Waals surface area contributed by atoms with Crippen molar-refractivity contribution in [3.05, 3.63) is 42.4 Å². The third kappa shape index (κ3) is 3.19. The lowest BCUT2D eigenvalue weighted by Gasteiger charge is -2.07. The molecule has 0 spiro atoms. The number of carbonyl (C=O) groups excluding carboxylic acids is 1. The first-order valence-electron chi connectivity index (χ1n) is 5.80. The molecule has 6 nitrogen and oxygen atoms in total. The molecule has 0 atom stereocenters. The molecule has 19 heavy (non-hydrogen) atoms. The Labute approximate surface area is 110 Å². The minimum Gasteiger partial charge on any atom is -0.478 e. The molecule has 98 valence electrons. The summed E-state index contributed by atoms with van der Waals surface area (Å²) in [6, 6.07) is 4.97. The minimum atomic E-state index is -0.323. The monoisotopic (exact) mass is 258 g/mol. The number of carbonyl (C=O) groups is 1. The highest BCUT2D eigenvalue weighted by atomic mass is 16.5. The van der Waals surface area contributed by atoms with Gasteiger partial charge in [0.05, 0.1) is 24.1 Å².